The van der Waals surface area contributed by atoms with E-state index in [1.54, 1.807) is 12.1 Å². The number of fused-ring (bicyclic) bond motifs is 4. The zero-order valence-electron chi connectivity index (χ0n) is 12.2. The molecule has 4 nitrogen and oxygen atoms in total. The molecule has 0 aromatic heterocycles. The summed E-state index contributed by atoms with van der Waals surface area (Å²) in [6.45, 7) is 0. The Labute approximate surface area is 135 Å². The Morgan fingerprint density at radius 1 is 0.783 bits per heavy atom. The van der Waals surface area contributed by atoms with Crippen molar-refractivity contribution in [3.63, 3.8) is 0 Å². The third-order valence-electron chi connectivity index (χ3n) is 3.86. The second kappa shape index (κ2) is 5.82. The maximum Gasteiger partial charge on any atom is 0.299 e. The maximum absolute atomic E-state index is 10.7. The maximum atomic E-state index is 10.7. The van der Waals surface area contributed by atoms with Gasteiger partial charge in [0.1, 0.15) is 5.75 Å². The van der Waals surface area contributed by atoms with Crippen LogP contribution in [0.1, 0.15) is 0 Å². The van der Waals surface area contributed by atoms with Gasteiger partial charge in [-0.3, -0.25) is 4.84 Å². The summed E-state index contributed by atoms with van der Waals surface area (Å²) >= 11 is 0. The molecule has 4 aromatic rings. The molecule has 4 aromatic carbocycles. The van der Waals surface area contributed by atoms with Crippen molar-refractivity contribution in [1.82, 2.24) is 0 Å². The predicted molar refractivity (Wildman–Crippen MR) is 97.7 cm³/mol. The molecular formula is C18H14NO3P. The van der Waals surface area contributed by atoms with Crippen LogP contribution < -0.4 is 4.84 Å². The molecule has 0 heterocycles. The van der Waals surface area contributed by atoms with Gasteiger partial charge in [-0.15, -0.1) is 10.1 Å². The van der Waals surface area contributed by atoms with Crippen molar-refractivity contribution in [1.29, 1.82) is 0 Å². The van der Waals surface area contributed by atoms with Crippen molar-refractivity contribution >= 4 is 42.2 Å². The van der Waals surface area contributed by atoms with Gasteiger partial charge in [0, 0.05) is 5.39 Å². The first-order valence-electron chi connectivity index (χ1n) is 6.89. The zero-order chi connectivity index (χ0) is 15.1. The molecule has 0 aliphatic heterocycles. The van der Waals surface area contributed by atoms with Crippen LogP contribution in [-0.4, -0.2) is 5.09 Å². The summed E-state index contributed by atoms with van der Waals surface area (Å²) in [7, 11) is 0. The molecule has 114 valence electrons. The molecule has 1 atom stereocenters. The topological polar surface area (TPSA) is 52.4 Å². The highest BCUT2D eigenvalue weighted by molar-refractivity contribution is 6.92. The van der Waals surface area contributed by atoms with Gasteiger partial charge in [0.15, 0.2) is 0 Å². The molecule has 0 amide bonds. The lowest BCUT2D eigenvalue weighted by atomic mass is 9.98. The average Bonchev–Trinajstić information content (AvgIpc) is 2.52. The van der Waals surface area contributed by atoms with Gasteiger partial charge in [0.25, 0.3) is 5.09 Å². The summed E-state index contributed by atoms with van der Waals surface area (Å²) in [4.78, 5) is 15.5. The van der Waals surface area contributed by atoms with Gasteiger partial charge in [0.2, 0.25) is 0 Å². The Kier molecular flexibility index (Phi) is 3.85. The first-order valence-corrected chi connectivity index (χ1v) is 6.89. The van der Waals surface area contributed by atoms with Gasteiger partial charge in [0.05, 0.1) is 0 Å². The van der Waals surface area contributed by atoms with E-state index >= 15 is 0 Å². The van der Waals surface area contributed by atoms with E-state index in [-0.39, 0.29) is 15.6 Å². The van der Waals surface area contributed by atoms with Crippen LogP contribution in [-0.2, 0) is 0 Å². The Morgan fingerprint density at radius 2 is 1.43 bits per heavy atom. The summed E-state index contributed by atoms with van der Waals surface area (Å²) in [5.41, 5.74) is 0. The van der Waals surface area contributed by atoms with Crippen molar-refractivity contribution in [2.75, 3.05) is 0 Å². The minimum absolute atomic E-state index is 0. The fourth-order valence-corrected chi connectivity index (χ4v) is 2.92. The van der Waals surface area contributed by atoms with E-state index in [2.05, 4.69) is 18.2 Å². The molecule has 0 spiro atoms. The number of benzene rings is 4. The van der Waals surface area contributed by atoms with Gasteiger partial charge in [-0.05, 0) is 45.1 Å². The van der Waals surface area contributed by atoms with Crippen LogP contribution in [0, 0.1) is 10.1 Å². The van der Waals surface area contributed by atoms with Crippen LogP contribution >= 0.6 is 9.90 Å². The minimum atomic E-state index is -0.769. The predicted octanol–water partition coefficient (Wildman–Crippen LogP) is 4.77. The summed E-state index contributed by atoms with van der Waals surface area (Å²) in [6.07, 6.45) is 0. The summed E-state index contributed by atoms with van der Waals surface area (Å²) in [5, 5.41) is 15.9. The van der Waals surface area contributed by atoms with Gasteiger partial charge < -0.3 is 0 Å². The third kappa shape index (κ3) is 2.58. The Bertz CT molecular complexity index is 1050. The standard InChI is InChI=1S/C18H11NO3.H3P/c20-19(21)22-17-7-3-6-12-8-9-15-10-13-4-1-2-5-14(13)11-16(15)18(12)17;/h1-11H;1H3. The molecule has 4 rings (SSSR count). The molecule has 0 fully saturated rings. The molecule has 0 aliphatic carbocycles. The van der Waals surface area contributed by atoms with Gasteiger partial charge >= 0.3 is 0 Å². The van der Waals surface area contributed by atoms with E-state index in [0.29, 0.717) is 0 Å². The highest BCUT2D eigenvalue weighted by Gasteiger charge is 2.10. The molecule has 23 heavy (non-hydrogen) atoms. The fraction of sp³-hybridized carbons (Fsp3) is 0. The lowest BCUT2D eigenvalue weighted by molar-refractivity contribution is -0.710. The number of hydrogen-bond acceptors (Lipinski definition) is 3. The van der Waals surface area contributed by atoms with E-state index in [4.69, 9.17) is 4.84 Å². The average molecular weight is 323 g/mol. The SMILES string of the molecule is O=[N+]([O-])Oc1cccc2ccc3cc4ccccc4cc3c12.P. The van der Waals surface area contributed by atoms with E-state index in [9.17, 15) is 10.1 Å². The van der Waals surface area contributed by atoms with Crippen LogP contribution in [0.15, 0.2) is 66.7 Å². The van der Waals surface area contributed by atoms with E-state index in [1.807, 2.05) is 36.4 Å². The van der Waals surface area contributed by atoms with Crippen LogP contribution in [0.2, 0.25) is 0 Å². The highest BCUT2D eigenvalue weighted by atomic mass is 31.0. The van der Waals surface area contributed by atoms with Crippen molar-refractivity contribution in [3.05, 3.63) is 76.8 Å². The molecule has 1 unspecified atom stereocenters. The summed E-state index contributed by atoms with van der Waals surface area (Å²) in [6, 6.07) is 21.5. The molecule has 0 saturated carbocycles. The van der Waals surface area contributed by atoms with Crippen LogP contribution in [0.4, 0.5) is 0 Å². The van der Waals surface area contributed by atoms with E-state index in [0.717, 1.165) is 32.3 Å². The molecule has 0 aliphatic rings. The first kappa shape index (κ1) is 15.2. The second-order valence-corrected chi connectivity index (χ2v) is 5.16. The number of nitrogens with zero attached hydrogens (tertiary/aromatic N) is 1. The molecule has 0 bridgehead atoms. The Hall–Kier alpha value is -2.71. The van der Waals surface area contributed by atoms with Crippen molar-refractivity contribution in [2.45, 2.75) is 0 Å². The Balaban J connectivity index is 0.00000156. The van der Waals surface area contributed by atoms with Gasteiger partial charge in [-0.25, -0.2) is 0 Å². The van der Waals surface area contributed by atoms with Crippen molar-refractivity contribution in [2.24, 2.45) is 0 Å². The molecule has 0 saturated heterocycles. The van der Waals surface area contributed by atoms with Gasteiger partial charge in [-0.2, -0.15) is 9.90 Å². The molecular weight excluding hydrogens is 309 g/mol. The van der Waals surface area contributed by atoms with Crippen molar-refractivity contribution in [3.8, 4) is 5.75 Å². The van der Waals surface area contributed by atoms with Crippen LogP contribution in [0.25, 0.3) is 32.3 Å². The monoisotopic (exact) mass is 323 g/mol. The molecule has 0 radical (unpaired) electrons. The fourth-order valence-electron chi connectivity index (χ4n) is 2.92. The number of hydrogen-bond donors (Lipinski definition) is 0. The van der Waals surface area contributed by atoms with Gasteiger partial charge in [-0.1, -0.05) is 48.5 Å². The summed E-state index contributed by atoms with van der Waals surface area (Å²) in [5.74, 6) is 0.267. The Morgan fingerprint density at radius 3 is 2.17 bits per heavy atom. The smallest absolute Gasteiger partial charge is 0.276 e. The second-order valence-electron chi connectivity index (χ2n) is 5.16. The molecule has 5 heteroatoms. The third-order valence-corrected chi connectivity index (χ3v) is 3.86. The van der Waals surface area contributed by atoms with E-state index in [1.165, 1.54) is 0 Å². The normalized spacial score (nSPS) is 10.6. The lowest BCUT2D eigenvalue weighted by Crippen LogP contribution is -2.03. The lowest BCUT2D eigenvalue weighted by Gasteiger charge is -2.09. The quantitative estimate of drug-likeness (QED) is 0.175. The highest BCUT2D eigenvalue weighted by Crippen LogP contribution is 2.35. The first-order chi connectivity index (χ1) is 10.7. The minimum Gasteiger partial charge on any atom is -0.276 e. The largest absolute Gasteiger partial charge is 0.299 e. The van der Waals surface area contributed by atoms with E-state index < -0.39 is 5.09 Å². The zero-order valence-corrected chi connectivity index (χ0v) is 13.6. The van der Waals surface area contributed by atoms with Crippen molar-refractivity contribution < 1.29 is 9.92 Å². The number of rotatable bonds is 2. The van der Waals surface area contributed by atoms with Crippen LogP contribution in [0.5, 0.6) is 5.75 Å². The summed E-state index contributed by atoms with van der Waals surface area (Å²) < 4.78 is 0. The van der Waals surface area contributed by atoms with Crippen LogP contribution in [0.3, 0.4) is 0 Å². The molecule has 0 N–H and O–H groups in total.